The number of nitrogens with one attached hydrogen (secondary N) is 1. The number of rotatable bonds is 7. The summed E-state index contributed by atoms with van der Waals surface area (Å²) in [6.45, 7) is -0.0923. The van der Waals surface area contributed by atoms with E-state index in [1.807, 2.05) is 12.1 Å². The molecule has 1 aromatic carbocycles. The number of ether oxygens (including phenoxy) is 1. The first-order valence-corrected chi connectivity index (χ1v) is 8.76. The summed E-state index contributed by atoms with van der Waals surface area (Å²) < 4.78 is 19.2. The summed E-state index contributed by atoms with van der Waals surface area (Å²) >= 11 is 4.80. The first-order chi connectivity index (χ1) is 11.5. The molecular weight excluding hydrogens is 397 g/mol. The number of hydrogen-bond acceptors (Lipinski definition) is 4. The van der Waals surface area contributed by atoms with Crippen molar-refractivity contribution in [2.45, 2.75) is 6.42 Å². The first-order valence-electron chi connectivity index (χ1n) is 7.15. The SMILES string of the molecule is O=C(COC(=O)/C=C/c1ccc(Br)s1)NCCc1ccccc1F. The molecule has 0 unspecified atom stereocenters. The monoisotopic (exact) mass is 411 g/mol. The van der Waals surface area contributed by atoms with Gasteiger partial charge in [-0.25, -0.2) is 9.18 Å². The van der Waals surface area contributed by atoms with E-state index in [1.165, 1.54) is 23.5 Å². The van der Waals surface area contributed by atoms with E-state index < -0.39 is 11.9 Å². The Morgan fingerprint density at radius 3 is 2.75 bits per heavy atom. The molecule has 0 spiro atoms. The molecule has 1 heterocycles. The Kier molecular flexibility index (Phi) is 7.14. The van der Waals surface area contributed by atoms with Crippen molar-refractivity contribution in [2.75, 3.05) is 13.2 Å². The van der Waals surface area contributed by atoms with Crippen molar-refractivity contribution in [1.29, 1.82) is 0 Å². The highest BCUT2D eigenvalue weighted by Gasteiger charge is 2.06. The van der Waals surface area contributed by atoms with Crippen molar-refractivity contribution >= 4 is 45.2 Å². The van der Waals surface area contributed by atoms with Crippen molar-refractivity contribution in [3.63, 3.8) is 0 Å². The van der Waals surface area contributed by atoms with Crippen LogP contribution in [0.1, 0.15) is 10.4 Å². The maximum absolute atomic E-state index is 13.4. The number of amides is 1. The van der Waals surface area contributed by atoms with Crippen LogP contribution in [-0.2, 0) is 20.7 Å². The summed E-state index contributed by atoms with van der Waals surface area (Å²) in [6, 6.07) is 10.1. The molecule has 0 fully saturated rings. The molecule has 0 aliphatic heterocycles. The predicted octanol–water partition coefficient (Wildman–Crippen LogP) is 3.57. The lowest BCUT2D eigenvalue weighted by molar-refractivity contribution is -0.143. The summed E-state index contributed by atoms with van der Waals surface area (Å²) in [5.41, 5.74) is 0.528. The van der Waals surface area contributed by atoms with Crippen LogP contribution in [0.5, 0.6) is 0 Å². The number of carbonyl (C=O) groups excluding carboxylic acids is 2. The van der Waals surface area contributed by atoms with E-state index in [0.29, 0.717) is 12.0 Å². The van der Waals surface area contributed by atoms with Crippen LogP contribution < -0.4 is 5.32 Å². The quantitative estimate of drug-likeness (QED) is 0.559. The number of esters is 1. The van der Waals surface area contributed by atoms with Crippen LogP contribution in [0.2, 0.25) is 0 Å². The summed E-state index contributed by atoms with van der Waals surface area (Å²) in [5, 5.41) is 2.58. The Bertz CT molecular complexity index is 745. The third kappa shape index (κ3) is 6.25. The van der Waals surface area contributed by atoms with E-state index >= 15 is 0 Å². The van der Waals surface area contributed by atoms with Gasteiger partial charge in [-0.3, -0.25) is 4.79 Å². The second-order valence-electron chi connectivity index (χ2n) is 4.77. The van der Waals surface area contributed by atoms with E-state index in [-0.39, 0.29) is 19.0 Å². The number of hydrogen-bond donors (Lipinski definition) is 1. The molecule has 0 bridgehead atoms. The Morgan fingerprint density at radius 1 is 1.25 bits per heavy atom. The van der Waals surface area contributed by atoms with E-state index in [4.69, 9.17) is 4.74 Å². The fourth-order valence-corrected chi connectivity index (χ4v) is 3.17. The van der Waals surface area contributed by atoms with E-state index in [1.54, 1.807) is 24.3 Å². The van der Waals surface area contributed by atoms with Crippen LogP contribution in [0.4, 0.5) is 4.39 Å². The first kappa shape index (κ1) is 18.4. The van der Waals surface area contributed by atoms with Crippen LogP contribution in [0.3, 0.4) is 0 Å². The standard InChI is InChI=1S/C17H15BrFNO3S/c18-15-7-5-13(24-15)6-8-17(22)23-11-16(21)20-10-9-12-3-1-2-4-14(12)19/h1-8H,9-11H2,(H,20,21)/b8-6+. The van der Waals surface area contributed by atoms with Gasteiger partial charge in [-0.05, 0) is 52.2 Å². The Balaban J connectivity index is 1.66. The van der Waals surface area contributed by atoms with Crippen LogP contribution in [0.25, 0.3) is 6.08 Å². The highest BCUT2D eigenvalue weighted by Crippen LogP contribution is 2.22. The van der Waals surface area contributed by atoms with E-state index in [0.717, 1.165) is 8.66 Å². The fourth-order valence-electron chi connectivity index (χ4n) is 1.84. The zero-order valence-electron chi connectivity index (χ0n) is 12.6. The van der Waals surface area contributed by atoms with Gasteiger partial charge >= 0.3 is 5.97 Å². The van der Waals surface area contributed by atoms with Gasteiger partial charge in [0.25, 0.3) is 5.91 Å². The second kappa shape index (κ2) is 9.34. The highest BCUT2D eigenvalue weighted by atomic mass is 79.9. The van der Waals surface area contributed by atoms with Crippen molar-refractivity contribution in [3.8, 4) is 0 Å². The smallest absolute Gasteiger partial charge is 0.331 e. The maximum atomic E-state index is 13.4. The third-order valence-electron chi connectivity index (χ3n) is 3.00. The molecular formula is C17H15BrFNO3S. The average molecular weight is 412 g/mol. The second-order valence-corrected chi connectivity index (χ2v) is 7.27. The molecule has 7 heteroatoms. The minimum absolute atomic E-state index is 0.274. The molecule has 0 saturated carbocycles. The van der Waals surface area contributed by atoms with Gasteiger partial charge < -0.3 is 10.1 Å². The summed E-state index contributed by atoms with van der Waals surface area (Å²) in [7, 11) is 0. The Hall–Kier alpha value is -1.99. The molecule has 0 atom stereocenters. The molecule has 2 aromatic rings. The minimum Gasteiger partial charge on any atom is -0.452 e. The van der Waals surface area contributed by atoms with Gasteiger partial charge in [-0.15, -0.1) is 11.3 Å². The van der Waals surface area contributed by atoms with Gasteiger partial charge in [0.1, 0.15) is 5.82 Å². The molecule has 0 radical (unpaired) electrons. The van der Waals surface area contributed by atoms with Crippen LogP contribution in [0, 0.1) is 5.82 Å². The molecule has 0 aliphatic rings. The number of carbonyl (C=O) groups is 2. The zero-order chi connectivity index (χ0) is 17.4. The average Bonchev–Trinajstić information content (AvgIpc) is 2.98. The van der Waals surface area contributed by atoms with E-state index in [9.17, 15) is 14.0 Å². The van der Waals surface area contributed by atoms with Crippen molar-refractivity contribution in [1.82, 2.24) is 5.32 Å². The molecule has 1 N–H and O–H groups in total. The topological polar surface area (TPSA) is 55.4 Å². The Labute approximate surface area is 151 Å². The normalized spacial score (nSPS) is 10.8. The largest absolute Gasteiger partial charge is 0.452 e. The van der Waals surface area contributed by atoms with Crippen LogP contribution >= 0.6 is 27.3 Å². The number of halogens is 2. The Morgan fingerprint density at radius 2 is 2.04 bits per heavy atom. The molecule has 0 aliphatic carbocycles. The van der Waals surface area contributed by atoms with Crippen LogP contribution in [-0.4, -0.2) is 25.0 Å². The lowest BCUT2D eigenvalue weighted by Crippen LogP contribution is -2.30. The molecule has 4 nitrogen and oxygen atoms in total. The highest BCUT2D eigenvalue weighted by molar-refractivity contribution is 9.11. The number of thiophene rings is 1. The van der Waals surface area contributed by atoms with Crippen molar-refractivity contribution < 1.29 is 18.7 Å². The van der Waals surface area contributed by atoms with Gasteiger partial charge in [0.15, 0.2) is 6.61 Å². The minimum atomic E-state index is -0.594. The summed E-state index contributed by atoms with van der Waals surface area (Å²) in [6.07, 6.45) is 3.26. The lowest BCUT2D eigenvalue weighted by Gasteiger charge is -2.06. The summed E-state index contributed by atoms with van der Waals surface area (Å²) in [4.78, 5) is 24.0. The third-order valence-corrected chi connectivity index (χ3v) is 4.59. The van der Waals surface area contributed by atoms with Crippen LogP contribution in [0.15, 0.2) is 46.3 Å². The van der Waals surface area contributed by atoms with Gasteiger partial charge in [0.2, 0.25) is 0 Å². The lowest BCUT2D eigenvalue weighted by atomic mass is 10.1. The molecule has 126 valence electrons. The van der Waals surface area contributed by atoms with Gasteiger partial charge in [0.05, 0.1) is 3.79 Å². The molecule has 2 rings (SSSR count). The summed E-state index contributed by atoms with van der Waals surface area (Å²) in [5.74, 6) is -1.32. The van der Waals surface area contributed by atoms with Gasteiger partial charge in [-0.2, -0.15) is 0 Å². The maximum Gasteiger partial charge on any atom is 0.331 e. The fraction of sp³-hybridized carbons (Fsp3) is 0.176. The molecule has 1 amide bonds. The van der Waals surface area contributed by atoms with E-state index in [2.05, 4.69) is 21.2 Å². The van der Waals surface area contributed by atoms with Crippen molar-refractivity contribution in [3.05, 3.63) is 62.5 Å². The van der Waals surface area contributed by atoms with Crippen molar-refractivity contribution in [2.24, 2.45) is 0 Å². The molecule has 1 aromatic heterocycles. The zero-order valence-corrected chi connectivity index (χ0v) is 15.0. The number of benzene rings is 1. The van der Waals surface area contributed by atoms with Gasteiger partial charge in [-0.1, -0.05) is 18.2 Å². The molecule has 0 saturated heterocycles. The molecule has 24 heavy (non-hydrogen) atoms. The van der Waals surface area contributed by atoms with Gasteiger partial charge in [0, 0.05) is 17.5 Å². The predicted molar refractivity (Wildman–Crippen MR) is 95.1 cm³/mol.